The third kappa shape index (κ3) is 4.22. The third-order valence-electron chi connectivity index (χ3n) is 2.66. The summed E-state index contributed by atoms with van der Waals surface area (Å²) in [7, 11) is 0. The van der Waals surface area contributed by atoms with Crippen molar-refractivity contribution in [1.29, 1.82) is 5.26 Å². The molecule has 0 heterocycles. The van der Waals surface area contributed by atoms with Crippen LogP contribution in [0.5, 0.6) is 0 Å². The first kappa shape index (κ1) is 15.9. The molecule has 5 heteroatoms. The number of nitrogens with zero attached hydrogens (tertiary/aromatic N) is 1. The van der Waals surface area contributed by atoms with Crippen molar-refractivity contribution in [3.05, 3.63) is 57.2 Å². The topological polar surface area (TPSA) is 50.1 Å². The average Bonchev–Trinajstić information content (AvgIpc) is 2.50. The van der Waals surface area contributed by atoms with Crippen LogP contribution in [-0.4, -0.2) is 12.6 Å². The fourth-order valence-electron chi connectivity index (χ4n) is 1.68. The third-order valence-corrected chi connectivity index (χ3v) is 4.41. The molecule has 0 spiro atoms. The summed E-state index contributed by atoms with van der Waals surface area (Å²) in [6, 6.07) is 15.1. The molecule has 0 aromatic heterocycles. The fraction of sp³-hybridized carbons (Fsp3) is 0.125. The van der Waals surface area contributed by atoms with Crippen LogP contribution < -0.4 is 0 Å². The van der Waals surface area contributed by atoms with Gasteiger partial charge in [0, 0.05) is 13.4 Å². The van der Waals surface area contributed by atoms with Gasteiger partial charge in [-0.1, -0.05) is 11.8 Å². The van der Waals surface area contributed by atoms with E-state index in [1.54, 1.807) is 19.1 Å². The van der Waals surface area contributed by atoms with Gasteiger partial charge in [0.2, 0.25) is 0 Å². The van der Waals surface area contributed by atoms with Gasteiger partial charge in [-0.2, -0.15) is 5.26 Å². The number of esters is 1. The van der Waals surface area contributed by atoms with E-state index in [1.807, 2.05) is 30.3 Å². The van der Waals surface area contributed by atoms with Gasteiger partial charge in [0.05, 0.1) is 17.7 Å². The second-order valence-electron chi connectivity index (χ2n) is 4.10. The zero-order valence-electron chi connectivity index (χ0n) is 11.3. The minimum atomic E-state index is -0.318. The SMILES string of the molecule is CCOC(=O)c1ccc(Sc2ccc(I)cc2C#N)cc1. The zero-order chi connectivity index (χ0) is 15.2. The summed E-state index contributed by atoms with van der Waals surface area (Å²) in [6.45, 7) is 2.14. The molecule has 0 atom stereocenters. The molecular weight excluding hydrogens is 397 g/mol. The molecule has 0 radical (unpaired) electrons. The molecule has 0 aliphatic carbocycles. The summed E-state index contributed by atoms with van der Waals surface area (Å²) in [4.78, 5) is 13.5. The number of benzene rings is 2. The molecule has 2 rings (SSSR count). The van der Waals surface area contributed by atoms with Gasteiger partial charge in [0.25, 0.3) is 0 Å². The van der Waals surface area contributed by atoms with Crippen LogP contribution in [0, 0.1) is 14.9 Å². The molecule has 0 saturated carbocycles. The Balaban J connectivity index is 2.18. The summed E-state index contributed by atoms with van der Waals surface area (Å²) >= 11 is 3.69. The Labute approximate surface area is 141 Å². The minimum Gasteiger partial charge on any atom is -0.462 e. The second kappa shape index (κ2) is 7.48. The molecule has 0 aliphatic heterocycles. The molecular formula is C16H12INO2S. The van der Waals surface area contributed by atoms with Gasteiger partial charge in [-0.3, -0.25) is 0 Å². The Kier molecular flexibility index (Phi) is 5.65. The summed E-state index contributed by atoms with van der Waals surface area (Å²) < 4.78 is 5.98. The highest BCUT2D eigenvalue weighted by Crippen LogP contribution is 2.31. The largest absolute Gasteiger partial charge is 0.462 e. The van der Waals surface area contributed by atoms with Crippen molar-refractivity contribution in [3.63, 3.8) is 0 Å². The lowest BCUT2D eigenvalue weighted by Crippen LogP contribution is -2.03. The second-order valence-corrected chi connectivity index (χ2v) is 6.46. The Morgan fingerprint density at radius 2 is 2.00 bits per heavy atom. The van der Waals surface area contributed by atoms with Crippen molar-refractivity contribution in [2.75, 3.05) is 6.61 Å². The first-order chi connectivity index (χ1) is 10.1. The molecule has 3 nitrogen and oxygen atoms in total. The Bertz CT molecular complexity index is 692. The minimum absolute atomic E-state index is 0.318. The summed E-state index contributed by atoms with van der Waals surface area (Å²) in [6.07, 6.45) is 0. The molecule has 2 aromatic rings. The quantitative estimate of drug-likeness (QED) is 0.552. The lowest BCUT2D eigenvalue weighted by Gasteiger charge is -2.06. The standard InChI is InChI=1S/C16H12INO2S/c1-2-20-16(19)11-3-6-14(7-4-11)21-15-8-5-13(17)9-12(15)10-18/h3-9H,2H2,1H3. The van der Waals surface area contributed by atoms with Crippen LogP contribution in [0.2, 0.25) is 0 Å². The first-order valence-corrected chi connectivity index (χ1v) is 8.18. The van der Waals surface area contributed by atoms with Gasteiger partial charge in [0.1, 0.15) is 6.07 Å². The number of carbonyl (C=O) groups is 1. The zero-order valence-corrected chi connectivity index (χ0v) is 14.3. The normalized spacial score (nSPS) is 9.95. The number of rotatable bonds is 4. The lowest BCUT2D eigenvalue weighted by atomic mass is 10.2. The van der Waals surface area contributed by atoms with Gasteiger partial charge < -0.3 is 4.74 Å². The van der Waals surface area contributed by atoms with Crippen LogP contribution in [0.1, 0.15) is 22.8 Å². The van der Waals surface area contributed by atoms with Crippen LogP contribution in [-0.2, 0) is 4.74 Å². The Morgan fingerprint density at radius 1 is 1.29 bits per heavy atom. The van der Waals surface area contributed by atoms with Gasteiger partial charge >= 0.3 is 5.97 Å². The van der Waals surface area contributed by atoms with Crippen LogP contribution in [0.4, 0.5) is 0 Å². The van der Waals surface area contributed by atoms with E-state index < -0.39 is 0 Å². The predicted octanol–water partition coefficient (Wildman–Crippen LogP) is 4.49. The molecule has 0 fully saturated rings. The van der Waals surface area contributed by atoms with E-state index in [4.69, 9.17) is 10.00 Å². The van der Waals surface area contributed by atoms with Gasteiger partial charge in [0.15, 0.2) is 0 Å². The van der Waals surface area contributed by atoms with Crippen molar-refractivity contribution >= 4 is 40.3 Å². The number of nitriles is 1. The van der Waals surface area contributed by atoms with Crippen molar-refractivity contribution < 1.29 is 9.53 Å². The summed E-state index contributed by atoms with van der Waals surface area (Å²) in [5.41, 5.74) is 1.19. The van der Waals surface area contributed by atoms with E-state index in [1.165, 1.54) is 11.8 Å². The first-order valence-electron chi connectivity index (χ1n) is 6.28. The van der Waals surface area contributed by atoms with Crippen molar-refractivity contribution in [1.82, 2.24) is 0 Å². The molecule has 0 saturated heterocycles. The molecule has 0 N–H and O–H groups in total. The van der Waals surface area contributed by atoms with Crippen LogP contribution in [0.3, 0.4) is 0 Å². The number of ether oxygens (including phenoxy) is 1. The Hall–Kier alpha value is -1.52. The molecule has 21 heavy (non-hydrogen) atoms. The highest BCUT2D eigenvalue weighted by molar-refractivity contribution is 14.1. The number of hydrogen-bond acceptors (Lipinski definition) is 4. The fourth-order valence-corrected chi connectivity index (χ4v) is 3.05. The smallest absolute Gasteiger partial charge is 0.338 e. The molecule has 0 amide bonds. The number of halogens is 1. The van der Waals surface area contributed by atoms with Crippen LogP contribution in [0.25, 0.3) is 0 Å². The van der Waals surface area contributed by atoms with E-state index in [0.717, 1.165) is 13.4 Å². The molecule has 106 valence electrons. The monoisotopic (exact) mass is 409 g/mol. The summed E-state index contributed by atoms with van der Waals surface area (Å²) in [5.74, 6) is -0.318. The average molecular weight is 409 g/mol. The molecule has 0 aliphatic rings. The van der Waals surface area contributed by atoms with E-state index in [9.17, 15) is 4.79 Å². The number of carbonyl (C=O) groups excluding carboxylic acids is 1. The highest BCUT2D eigenvalue weighted by atomic mass is 127. The maximum Gasteiger partial charge on any atom is 0.338 e. The maximum atomic E-state index is 11.6. The predicted molar refractivity (Wildman–Crippen MR) is 90.4 cm³/mol. The van der Waals surface area contributed by atoms with E-state index in [2.05, 4.69) is 28.7 Å². The van der Waals surface area contributed by atoms with E-state index >= 15 is 0 Å². The van der Waals surface area contributed by atoms with Gasteiger partial charge in [-0.05, 0) is 72.0 Å². The van der Waals surface area contributed by atoms with Crippen LogP contribution in [0.15, 0.2) is 52.3 Å². The Morgan fingerprint density at radius 3 is 2.62 bits per heavy atom. The van der Waals surface area contributed by atoms with Crippen molar-refractivity contribution in [3.8, 4) is 6.07 Å². The van der Waals surface area contributed by atoms with Crippen molar-refractivity contribution in [2.24, 2.45) is 0 Å². The summed E-state index contributed by atoms with van der Waals surface area (Å²) in [5, 5.41) is 9.17. The molecule has 2 aromatic carbocycles. The van der Waals surface area contributed by atoms with E-state index in [0.29, 0.717) is 17.7 Å². The lowest BCUT2D eigenvalue weighted by molar-refractivity contribution is 0.0526. The molecule has 0 unspecified atom stereocenters. The van der Waals surface area contributed by atoms with Gasteiger partial charge in [-0.15, -0.1) is 0 Å². The molecule has 0 bridgehead atoms. The van der Waals surface area contributed by atoms with Gasteiger partial charge in [-0.25, -0.2) is 4.79 Å². The van der Waals surface area contributed by atoms with E-state index in [-0.39, 0.29) is 5.97 Å². The van der Waals surface area contributed by atoms with Crippen molar-refractivity contribution in [2.45, 2.75) is 16.7 Å². The number of hydrogen-bond donors (Lipinski definition) is 0. The highest BCUT2D eigenvalue weighted by Gasteiger charge is 2.08. The maximum absolute atomic E-state index is 11.6. The van der Waals surface area contributed by atoms with Crippen LogP contribution >= 0.6 is 34.4 Å².